The second-order valence-electron chi connectivity index (χ2n) is 6.57. The van der Waals surface area contributed by atoms with Gasteiger partial charge in [-0.25, -0.2) is 4.98 Å². The molecule has 0 fully saturated rings. The number of H-pyrrole nitrogens is 1. The quantitative estimate of drug-likeness (QED) is 0.453. The maximum atomic E-state index is 12.7. The number of amides is 2. The summed E-state index contributed by atoms with van der Waals surface area (Å²) < 4.78 is 16.1. The number of carbonyl (C=O) groups excluding carboxylic acids is 3. The third kappa shape index (κ3) is 4.45. The number of methoxy groups -OCH3 is 3. The minimum Gasteiger partial charge on any atom is -0.493 e. The molecule has 2 amide bonds. The second kappa shape index (κ2) is 9.04. The molecule has 0 aliphatic rings. The molecule has 0 radical (unpaired) electrons. The van der Waals surface area contributed by atoms with E-state index in [1.54, 1.807) is 24.4 Å². The van der Waals surface area contributed by atoms with Gasteiger partial charge in [0.25, 0.3) is 5.91 Å². The normalized spacial score (nSPS) is 11.6. The van der Waals surface area contributed by atoms with Gasteiger partial charge in [-0.05, 0) is 19.1 Å². The molecule has 11 heteroatoms. The van der Waals surface area contributed by atoms with E-state index < -0.39 is 17.9 Å². The molecule has 1 atom stereocenters. The fourth-order valence-corrected chi connectivity index (χ4v) is 3.67. The van der Waals surface area contributed by atoms with Crippen LogP contribution in [0.5, 0.6) is 17.2 Å². The number of ketones is 1. The number of anilines is 1. The van der Waals surface area contributed by atoms with Gasteiger partial charge in [0.05, 0.1) is 26.8 Å². The minimum atomic E-state index is -0.852. The first-order chi connectivity index (χ1) is 14.8. The monoisotopic (exact) mass is 446 g/mol. The molecular weight excluding hydrogens is 424 g/mol. The SMILES string of the molecule is COc1cc2cc(C(=O)N[C@H](C)C(=O)Nc3nc(C(C)=O)cs3)[nH]c2c(OC)c1OC. The van der Waals surface area contributed by atoms with Crippen LogP contribution in [-0.2, 0) is 4.79 Å². The highest BCUT2D eigenvalue weighted by molar-refractivity contribution is 7.14. The van der Waals surface area contributed by atoms with Gasteiger partial charge in [0.15, 0.2) is 22.4 Å². The van der Waals surface area contributed by atoms with E-state index in [0.29, 0.717) is 28.2 Å². The Balaban J connectivity index is 1.77. The molecule has 10 nitrogen and oxygen atoms in total. The minimum absolute atomic E-state index is 0.194. The van der Waals surface area contributed by atoms with Crippen LogP contribution in [-0.4, -0.2) is 54.9 Å². The van der Waals surface area contributed by atoms with E-state index in [4.69, 9.17) is 14.2 Å². The molecule has 0 aliphatic carbocycles. The Morgan fingerprint density at radius 1 is 1.10 bits per heavy atom. The zero-order chi connectivity index (χ0) is 22.7. The molecule has 2 heterocycles. The number of aromatic amines is 1. The Bertz CT molecular complexity index is 1150. The number of carbonyl (C=O) groups is 3. The van der Waals surface area contributed by atoms with Crippen LogP contribution < -0.4 is 24.8 Å². The van der Waals surface area contributed by atoms with Crippen molar-refractivity contribution in [2.24, 2.45) is 0 Å². The Kier molecular flexibility index (Phi) is 6.44. The molecule has 0 saturated heterocycles. The Labute approximate surface area is 181 Å². The smallest absolute Gasteiger partial charge is 0.268 e. The second-order valence-corrected chi connectivity index (χ2v) is 7.43. The molecule has 0 unspecified atom stereocenters. The lowest BCUT2D eigenvalue weighted by atomic mass is 10.2. The van der Waals surface area contributed by atoms with Crippen LogP contribution >= 0.6 is 11.3 Å². The summed E-state index contributed by atoms with van der Waals surface area (Å²) in [5, 5.41) is 7.73. The van der Waals surface area contributed by atoms with Crippen molar-refractivity contribution in [2.45, 2.75) is 19.9 Å². The van der Waals surface area contributed by atoms with E-state index in [9.17, 15) is 14.4 Å². The first-order valence-corrected chi connectivity index (χ1v) is 10.1. The molecule has 3 aromatic rings. The standard InChI is InChI=1S/C20H22N4O6S/c1-9(18(26)24-20-23-13(8-31-20)10(2)25)21-19(27)12-6-11-7-14(28-3)16(29-4)17(30-5)15(11)22-12/h6-9,22H,1-5H3,(H,21,27)(H,23,24,26)/t9-/m1/s1. The highest BCUT2D eigenvalue weighted by atomic mass is 32.1. The number of hydrogen-bond acceptors (Lipinski definition) is 8. The van der Waals surface area contributed by atoms with Gasteiger partial charge in [0.1, 0.15) is 17.4 Å². The van der Waals surface area contributed by atoms with Crippen molar-refractivity contribution in [3.8, 4) is 17.2 Å². The van der Waals surface area contributed by atoms with Crippen LogP contribution in [0, 0.1) is 0 Å². The average molecular weight is 446 g/mol. The number of nitrogens with one attached hydrogen (secondary N) is 3. The summed E-state index contributed by atoms with van der Waals surface area (Å²) in [5.41, 5.74) is 1.06. The zero-order valence-corrected chi connectivity index (χ0v) is 18.4. The molecule has 164 valence electrons. The molecule has 0 spiro atoms. The maximum Gasteiger partial charge on any atom is 0.268 e. The summed E-state index contributed by atoms with van der Waals surface area (Å²) in [6.45, 7) is 2.94. The molecule has 3 N–H and O–H groups in total. The molecule has 3 rings (SSSR count). The van der Waals surface area contributed by atoms with Crippen molar-refractivity contribution < 1.29 is 28.6 Å². The van der Waals surface area contributed by atoms with E-state index in [1.807, 2.05) is 0 Å². The average Bonchev–Trinajstić information content (AvgIpc) is 3.39. The Morgan fingerprint density at radius 3 is 2.39 bits per heavy atom. The fourth-order valence-electron chi connectivity index (χ4n) is 2.91. The predicted molar refractivity (Wildman–Crippen MR) is 116 cm³/mol. The number of thiazole rings is 1. The van der Waals surface area contributed by atoms with Crippen LogP contribution in [0.3, 0.4) is 0 Å². The van der Waals surface area contributed by atoms with Gasteiger partial charge >= 0.3 is 0 Å². The number of aromatic nitrogens is 2. The van der Waals surface area contributed by atoms with Crippen molar-refractivity contribution in [1.29, 1.82) is 0 Å². The molecule has 1 aromatic carbocycles. The number of rotatable bonds is 8. The Morgan fingerprint density at radius 2 is 1.81 bits per heavy atom. The zero-order valence-electron chi connectivity index (χ0n) is 17.6. The number of nitrogens with zero attached hydrogens (tertiary/aromatic N) is 1. The van der Waals surface area contributed by atoms with E-state index in [1.165, 1.54) is 28.3 Å². The van der Waals surface area contributed by atoms with Crippen molar-refractivity contribution in [3.63, 3.8) is 0 Å². The summed E-state index contributed by atoms with van der Waals surface area (Å²) in [5.74, 6) is 0.107. The van der Waals surface area contributed by atoms with E-state index in [2.05, 4.69) is 20.6 Å². The van der Waals surface area contributed by atoms with E-state index in [0.717, 1.165) is 11.3 Å². The number of hydrogen-bond donors (Lipinski definition) is 3. The highest BCUT2D eigenvalue weighted by Crippen LogP contribution is 2.43. The highest BCUT2D eigenvalue weighted by Gasteiger charge is 2.22. The van der Waals surface area contributed by atoms with Gasteiger partial charge in [0, 0.05) is 17.7 Å². The largest absolute Gasteiger partial charge is 0.493 e. The van der Waals surface area contributed by atoms with Crippen LogP contribution in [0.1, 0.15) is 34.8 Å². The maximum absolute atomic E-state index is 12.7. The number of ether oxygens (including phenoxy) is 3. The summed E-state index contributed by atoms with van der Waals surface area (Å²) in [6, 6.07) is 2.49. The van der Waals surface area contributed by atoms with Crippen LogP contribution in [0.4, 0.5) is 5.13 Å². The van der Waals surface area contributed by atoms with Gasteiger partial charge in [-0.1, -0.05) is 0 Å². The van der Waals surface area contributed by atoms with Gasteiger partial charge < -0.3 is 29.8 Å². The third-order valence-corrected chi connectivity index (χ3v) is 5.26. The molecule has 0 aliphatic heterocycles. The van der Waals surface area contributed by atoms with Gasteiger partial charge in [-0.15, -0.1) is 11.3 Å². The summed E-state index contributed by atoms with van der Waals surface area (Å²) in [6.07, 6.45) is 0. The molecular formula is C20H22N4O6S. The Hall–Kier alpha value is -3.60. The van der Waals surface area contributed by atoms with Crippen LogP contribution in [0.2, 0.25) is 0 Å². The summed E-state index contributed by atoms with van der Waals surface area (Å²) >= 11 is 1.13. The predicted octanol–water partition coefficient (Wildman–Crippen LogP) is 2.61. The lowest BCUT2D eigenvalue weighted by molar-refractivity contribution is -0.117. The van der Waals surface area contributed by atoms with Crippen LogP contribution in [0.15, 0.2) is 17.5 Å². The van der Waals surface area contributed by atoms with Crippen molar-refractivity contribution in [2.75, 3.05) is 26.6 Å². The number of Topliss-reactive ketones (excluding diaryl/α,β-unsaturated/α-hetero) is 1. The summed E-state index contributed by atoms with van der Waals surface area (Å²) in [7, 11) is 4.48. The van der Waals surface area contributed by atoms with Gasteiger partial charge in [0.2, 0.25) is 11.7 Å². The molecule has 2 aromatic heterocycles. The lowest BCUT2D eigenvalue weighted by Gasteiger charge is -2.13. The van der Waals surface area contributed by atoms with Crippen molar-refractivity contribution in [3.05, 3.63) is 28.9 Å². The summed E-state index contributed by atoms with van der Waals surface area (Å²) in [4.78, 5) is 43.4. The number of benzene rings is 1. The third-order valence-electron chi connectivity index (χ3n) is 4.50. The first kappa shape index (κ1) is 22.1. The molecule has 0 saturated carbocycles. The van der Waals surface area contributed by atoms with Crippen molar-refractivity contribution in [1.82, 2.24) is 15.3 Å². The van der Waals surface area contributed by atoms with Gasteiger partial charge in [-0.2, -0.15) is 0 Å². The first-order valence-electron chi connectivity index (χ1n) is 9.18. The topological polar surface area (TPSA) is 132 Å². The van der Waals surface area contributed by atoms with E-state index >= 15 is 0 Å². The van der Waals surface area contributed by atoms with Gasteiger partial charge in [-0.3, -0.25) is 14.4 Å². The van der Waals surface area contributed by atoms with Crippen molar-refractivity contribution >= 4 is 45.0 Å². The van der Waals surface area contributed by atoms with E-state index in [-0.39, 0.29) is 22.3 Å². The van der Waals surface area contributed by atoms with Crippen LogP contribution in [0.25, 0.3) is 10.9 Å². The lowest BCUT2D eigenvalue weighted by Crippen LogP contribution is -2.41. The molecule has 0 bridgehead atoms. The molecule has 31 heavy (non-hydrogen) atoms. The number of fused-ring (bicyclic) bond motifs is 1. The fraction of sp³-hybridized carbons (Fsp3) is 0.300.